The van der Waals surface area contributed by atoms with Crippen LogP contribution in [0.4, 0.5) is 0 Å². The van der Waals surface area contributed by atoms with Crippen LogP contribution in [0.15, 0.2) is 231 Å². The van der Waals surface area contributed by atoms with E-state index in [1.807, 2.05) is 30.7 Å². The van der Waals surface area contributed by atoms with Gasteiger partial charge in [0.25, 0.3) is 0 Å². The van der Waals surface area contributed by atoms with Gasteiger partial charge < -0.3 is 0 Å². The number of hydrogen-bond donors (Lipinski definition) is 0. The van der Waals surface area contributed by atoms with Gasteiger partial charge in [-0.1, -0.05) is 152 Å². The van der Waals surface area contributed by atoms with Crippen molar-refractivity contribution in [3.05, 3.63) is 242 Å². The average Bonchev–Trinajstić information content (AvgIpc) is 3.35. The summed E-state index contributed by atoms with van der Waals surface area (Å²) in [6, 6.07) is 68.0. The second-order valence-corrected chi connectivity index (χ2v) is 15.3. The van der Waals surface area contributed by atoms with E-state index < -0.39 is 0 Å². The van der Waals surface area contributed by atoms with Gasteiger partial charge in [-0.05, 0) is 139 Å². The molecule has 0 N–H and O–H groups in total. The highest BCUT2D eigenvalue weighted by Gasteiger charge is 2.17. The first-order valence-electron chi connectivity index (χ1n) is 20.5. The molecule has 3 heteroatoms. The van der Waals surface area contributed by atoms with Crippen molar-refractivity contribution < 1.29 is 0 Å². The predicted octanol–water partition coefficient (Wildman–Crippen LogP) is 14.7. The number of rotatable bonds is 9. The molecule has 1 atom stereocenters. The van der Waals surface area contributed by atoms with Crippen molar-refractivity contribution in [3.8, 4) is 78.0 Å². The van der Waals surface area contributed by atoms with Crippen molar-refractivity contribution in [3.63, 3.8) is 0 Å². The van der Waals surface area contributed by atoms with E-state index >= 15 is 0 Å². The lowest BCUT2D eigenvalue weighted by molar-refractivity contribution is 0.868. The van der Waals surface area contributed by atoms with Crippen LogP contribution >= 0.6 is 0 Å². The molecule has 60 heavy (non-hydrogen) atoms. The summed E-state index contributed by atoms with van der Waals surface area (Å²) < 4.78 is 0. The van der Waals surface area contributed by atoms with E-state index in [0.29, 0.717) is 0 Å². The number of pyridine rings is 1. The number of allylic oxidation sites excluding steroid dienone is 4. The zero-order valence-corrected chi connectivity index (χ0v) is 33.1. The van der Waals surface area contributed by atoms with Gasteiger partial charge in [-0.2, -0.15) is 0 Å². The van der Waals surface area contributed by atoms with Gasteiger partial charge in [0.1, 0.15) is 6.33 Å². The number of nitrogens with zero attached hydrogens (tertiary/aromatic N) is 3. The Bertz CT molecular complexity index is 3000. The third-order valence-electron chi connectivity index (χ3n) is 11.4. The monoisotopic (exact) mass is 767 g/mol. The van der Waals surface area contributed by atoms with Gasteiger partial charge >= 0.3 is 0 Å². The van der Waals surface area contributed by atoms with Gasteiger partial charge in [-0.3, -0.25) is 4.98 Å². The van der Waals surface area contributed by atoms with Gasteiger partial charge in [0.05, 0.1) is 5.69 Å². The molecular weight excluding hydrogens is 727 g/mol. The zero-order chi connectivity index (χ0) is 40.1. The van der Waals surface area contributed by atoms with Crippen LogP contribution in [-0.4, -0.2) is 15.0 Å². The molecule has 0 saturated carbocycles. The van der Waals surface area contributed by atoms with E-state index in [2.05, 4.69) is 209 Å². The minimum Gasteiger partial charge on any atom is -0.256 e. The summed E-state index contributed by atoms with van der Waals surface area (Å²) in [7, 11) is 0. The molecule has 7 aromatic carbocycles. The fourth-order valence-electron chi connectivity index (χ4n) is 8.32. The first-order chi connectivity index (χ1) is 29.7. The largest absolute Gasteiger partial charge is 0.256 e. The zero-order valence-electron chi connectivity index (χ0n) is 33.1. The predicted molar refractivity (Wildman–Crippen MR) is 249 cm³/mol. The van der Waals surface area contributed by atoms with Crippen LogP contribution in [0.3, 0.4) is 0 Å². The Labute approximate surface area is 351 Å². The molecule has 9 aromatic rings. The summed E-state index contributed by atoms with van der Waals surface area (Å²) >= 11 is 0. The number of hydrogen-bond acceptors (Lipinski definition) is 3. The molecule has 3 nitrogen and oxygen atoms in total. The molecule has 0 radical (unpaired) electrons. The average molecular weight is 768 g/mol. The summed E-state index contributed by atoms with van der Waals surface area (Å²) in [6.07, 6.45) is 14.9. The highest BCUT2D eigenvalue weighted by atomic mass is 14.8. The fourth-order valence-corrected chi connectivity index (χ4v) is 8.32. The van der Waals surface area contributed by atoms with Crippen molar-refractivity contribution in [1.82, 2.24) is 15.0 Å². The number of aromatic nitrogens is 3. The maximum absolute atomic E-state index is 4.59. The van der Waals surface area contributed by atoms with E-state index in [0.717, 1.165) is 34.4 Å². The first-order valence-corrected chi connectivity index (χ1v) is 20.5. The van der Waals surface area contributed by atoms with Gasteiger partial charge in [0, 0.05) is 35.6 Å². The van der Waals surface area contributed by atoms with Crippen LogP contribution < -0.4 is 0 Å². The summed E-state index contributed by atoms with van der Waals surface area (Å²) in [4.78, 5) is 13.0. The lowest BCUT2D eigenvalue weighted by Gasteiger charge is -2.21. The Hall–Kier alpha value is -7.75. The van der Waals surface area contributed by atoms with Crippen LogP contribution in [0.5, 0.6) is 0 Å². The van der Waals surface area contributed by atoms with E-state index in [4.69, 9.17) is 0 Å². The summed E-state index contributed by atoms with van der Waals surface area (Å²) in [6.45, 7) is 0. The molecule has 1 aliphatic carbocycles. The van der Waals surface area contributed by atoms with Gasteiger partial charge in [0.15, 0.2) is 0 Å². The highest BCUT2D eigenvalue weighted by molar-refractivity contribution is 5.84. The van der Waals surface area contributed by atoms with Crippen LogP contribution in [0.1, 0.15) is 23.5 Å². The molecule has 1 unspecified atom stereocenters. The molecule has 1 aliphatic rings. The van der Waals surface area contributed by atoms with Crippen molar-refractivity contribution in [2.24, 2.45) is 0 Å². The van der Waals surface area contributed by atoms with E-state index in [1.54, 1.807) is 6.33 Å². The molecule has 0 aliphatic heterocycles. The second-order valence-electron chi connectivity index (χ2n) is 15.3. The van der Waals surface area contributed by atoms with E-state index in [9.17, 15) is 0 Å². The maximum Gasteiger partial charge on any atom is 0.115 e. The minimum atomic E-state index is 0.266. The molecule has 2 aromatic heterocycles. The van der Waals surface area contributed by atoms with E-state index in [-0.39, 0.29) is 5.92 Å². The minimum absolute atomic E-state index is 0.266. The molecule has 0 fully saturated rings. The molecule has 0 spiro atoms. The summed E-state index contributed by atoms with van der Waals surface area (Å²) in [5, 5.41) is 0. The van der Waals surface area contributed by atoms with Crippen LogP contribution in [0.2, 0.25) is 0 Å². The first kappa shape index (κ1) is 36.6. The molecular formula is C57H41N3. The van der Waals surface area contributed by atoms with Crippen molar-refractivity contribution in [1.29, 1.82) is 0 Å². The maximum atomic E-state index is 4.59. The molecule has 0 amide bonds. The van der Waals surface area contributed by atoms with Crippen molar-refractivity contribution in [2.75, 3.05) is 0 Å². The lowest BCUT2D eigenvalue weighted by atomic mass is 9.84. The Morgan fingerprint density at radius 1 is 0.367 bits per heavy atom. The molecule has 10 rings (SSSR count). The van der Waals surface area contributed by atoms with Crippen LogP contribution in [0, 0.1) is 0 Å². The molecule has 2 heterocycles. The van der Waals surface area contributed by atoms with Crippen LogP contribution in [-0.2, 0) is 0 Å². The molecule has 284 valence electrons. The SMILES string of the molecule is C1=CC(c2cccc(-c3cc(-c4ccccc4)cc(-c4cccc(-c5cccc(-c6cccc(-c7cncnc7)c6)c5)c4)c3)c2)CC(c2cccc(-c3ccccn3)c2)=C1. The Morgan fingerprint density at radius 3 is 1.45 bits per heavy atom. The number of benzene rings is 7. The standard InChI is InChI=1S/C57H41N3/c1-2-12-40(13-3-1)53-34-54(49-22-8-18-45(30-49)41-14-6-16-43(28-41)47-20-10-24-51(32-47)56-37-58-39-59-38-56)36-55(35-53)50-23-9-19-46(31-50)42-15-7-17-44(29-42)48-21-11-25-52(33-48)57-26-4-5-27-60-57/h1-28,30-39,42H,29H2. The van der Waals surface area contributed by atoms with Crippen LogP contribution in [0.25, 0.3) is 83.6 Å². The Morgan fingerprint density at radius 2 is 0.833 bits per heavy atom. The fraction of sp³-hybridized carbons (Fsp3) is 0.0351. The molecule has 0 bridgehead atoms. The Kier molecular flexibility index (Phi) is 10.1. The third-order valence-corrected chi connectivity index (χ3v) is 11.4. The van der Waals surface area contributed by atoms with Gasteiger partial charge in [-0.15, -0.1) is 0 Å². The lowest BCUT2D eigenvalue weighted by Crippen LogP contribution is -2.01. The summed E-state index contributed by atoms with van der Waals surface area (Å²) in [5.74, 6) is 0.266. The van der Waals surface area contributed by atoms with E-state index in [1.165, 1.54) is 66.8 Å². The van der Waals surface area contributed by atoms with Gasteiger partial charge in [0.2, 0.25) is 0 Å². The highest BCUT2D eigenvalue weighted by Crippen LogP contribution is 2.39. The smallest absolute Gasteiger partial charge is 0.115 e. The normalized spacial score (nSPS) is 13.5. The van der Waals surface area contributed by atoms with Crippen molar-refractivity contribution in [2.45, 2.75) is 12.3 Å². The second kappa shape index (κ2) is 16.6. The quantitative estimate of drug-likeness (QED) is 0.147. The Balaban J connectivity index is 0.967. The van der Waals surface area contributed by atoms with Gasteiger partial charge in [-0.25, -0.2) is 9.97 Å². The summed E-state index contributed by atoms with van der Waals surface area (Å²) in [5.41, 5.74) is 19.9. The van der Waals surface area contributed by atoms with Crippen molar-refractivity contribution >= 4 is 5.57 Å². The third kappa shape index (κ3) is 7.90. The topological polar surface area (TPSA) is 38.7 Å². The molecule has 0 saturated heterocycles.